The standard InChI is InChI=1S/C16H22N2O3/c1-9(2)5-6-17-12(19)8-18-15(20)13-10-3-4-11(7-10)14(13)16(18)21/h3-4,9-11,13-14H,5-8H2,1-2H3,(H,17,19)/t10-,11+,13-,14+. The number of carbonyl (C=O) groups excluding carboxylic acids is 3. The Morgan fingerprint density at radius 2 is 1.81 bits per heavy atom. The zero-order valence-corrected chi connectivity index (χ0v) is 12.5. The average Bonchev–Trinajstić information content (AvgIpc) is 3.08. The van der Waals surface area contributed by atoms with Gasteiger partial charge < -0.3 is 5.32 Å². The van der Waals surface area contributed by atoms with E-state index in [9.17, 15) is 14.4 Å². The van der Waals surface area contributed by atoms with Gasteiger partial charge in [0.05, 0.1) is 11.8 Å². The smallest absolute Gasteiger partial charge is 0.240 e. The number of likely N-dealkylation sites (tertiary alicyclic amines) is 1. The normalized spacial score (nSPS) is 33.2. The molecule has 5 heteroatoms. The van der Waals surface area contributed by atoms with Crippen LogP contribution in [0.2, 0.25) is 0 Å². The number of fused-ring (bicyclic) bond motifs is 5. The maximum absolute atomic E-state index is 12.4. The van der Waals surface area contributed by atoms with E-state index < -0.39 is 0 Å². The summed E-state index contributed by atoms with van der Waals surface area (Å²) in [4.78, 5) is 37.9. The molecule has 2 aliphatic carbocycles. The third kappa shape index (κ3) is 2.39. The van der Waals surface area contributed by atoms with Crippen LogP contribution in [0.3, 0.4) is 0 Å². The van der Waals surface area contributed by atoms with Gasteiger partial charge in [-0.2, -0.15) is 0 Å². The van der Waals surface area contributed by atoms with Crippen LogP contribution < -0.4 is 5.32 Å². The van der Waals surface area contributed by atoms with Crippen LogP contribution in [-0.2, 0) is 14.4 Å². The zero-order valence-electron chi connectivity index (χ0n) is 12.5. The first-order chi connectivity index (χ1) is 9.99. The first-order valence-electron chi connectivity index (χ1n) is 7.79. The van der Waals surface area contributed by atoms with Gasteiger partial charge in [0.15, 0.2) is 0 Å². The Bertz CT molecular complexity index is 482. The molecule has 0 aromatic carbocycles. The summed E-state index contributed by atoms with van der Waals surface area (Å²) in [6.45, 7) is 4.64. The summed E-state index contributed by atoms with van der Waals surface area (Å²) in [5.74, 6) is -0.0522. The van der Waals surface area contributed by atoms with Crippen molar-refractivity contribution in [1.29, 1.82) is 0 Å². The SMILES string of the molecule is CC(C)CCNC(=O)CN1C(=O)[C@@H]2[C@H](C1=O)[C@@H]1C=C[C@H]2C1. The van der Waals surface area contributed by atoms with Crippen LogP contribution in [0.1, 0.15) is 26.7 Å². The molecule has 4 atom stereocenters. The van der Waals surface area contributed by atoms with Gasteiger partial charge in [0.2, 0.25) is 17.7 Å². The molecule has 0 unspecified atom stereocenters. The van der Waals surface area contributed by atoms with Crippen LogP contribution in [-0.4, -0.2) is 35.7 Å². The summed E-state index contributed by atoms with van der Waals surface area (Å²) in [7, 11) is 0. The molecule has 2 fully saturated rings. The molecule has 1 N–H and O–H groups in total. The molecule has 1 heterocycles. The van der Waals surface area contributed by atoms with Crippen molar-refractivity contribution >= 4 is 17.7 Å². The van der Waals surface area contributed by atoms with Crippen molar-refractivity contribution in [3.8, 4) is 0 Å². The molecular weight excluding hydrogens is 268 g/mol. The van der Waals surface area contributed by atoms with E-state index >= 15 is 0 Å². The molecule has 2 bridgehead atoms. The van der Waals surface area contributed by atoms with Crippen LogP contribution >= 0.6 is 0 Å². The molecule has 3 aliphatic rings. The van der Waals surface area contributed by atoms with E-state index in [1.165, 1.54) is 4.90 Å². The van der Waals surface area contributed by atoms with Gasteiger partial charge in [-0.25, -0.2) is 0 Å². The summed E-state index contributed by atoms with van der Waals surface area (Å²) in [5, 5.41) is 2.79. The van der Waals surface area contributed by atoms with E-state index in [1.807, 2.05) is 0 Å². The molecule has 21 heavy (non-hydrogen) atoms. The third-order valence-corrected chi connectivity index (χ3v) is 4.91. The highest BCUT2D eigenvalue weighted by atomic mass is 16.2. The van der Waals surface area contributed by atoms with Gasteiger partial charge in [-0.05, 0) is 30.6 Å². The topological polar surface area (TPSA) is 66.5 Å². The summed E-state index contributed by atoms with van der Waals surface area (Å²) in [6, 6.07) is 0. The lowest BCUT2D eigenvalue weighted by atomic mass is 9.85. The molecule has 0 radical (unpaired) electrons. The van der Waals surface area contributed by atoms with E-state index in [1.54, 1.807) is 0 Å². The fraction of sp³-hybridized carbons (Fsp3) is 0.688. The van der Waals surface area contributed by atoms with Crippen molar-refractivity contribution in [3.05, 3.63) is 12.2 Å². The minimum Gasteiger partial charge on any atom is -0.355 e. The summed E-state index contributed by atoms with van der Waals surface area (Å²) in [5.41, 5.74) is 0. The Morgan fingerprint density at radius 3 is 2.33 bits per heavy atom. The number of allylic oxidation sites excluding steroid dienone is 2. The first kappa shape index (κ1) is 14.3. The molecule has 3 rings (SSSR count). The predicted molar refractivity (Wildman–Crippen MR) is 76.9 cm³/mol. The maximum Gasteiger partial charge on any atom is 0.240 e. The number of carbonyl (C=O) groups is 3. The molecule has 1 saturated carbocycles. The summed E-state index contributed by atoms with van der Waals surface area (Å²) < 4.78 is 0. The molecule has 0 aromatic rings. The highest BCUT2D eigenvalue weighted by Crippen LogP contribution is 2.52. The molecule has 3 amide bonds. The van der Waals surface area contributed by atoms with Gasteiger partial charge in [-0.1, -0.05) is 26.0 Å². The lowest BCUT2D eigenvalue weighted by Crippen LogP contribution is -2.42. The Morgan fingerprint density at radius 1 is 1.24 bits per heavy atom. The van der Waals surface area contributed by atoms with E-state index in [2.05, 4.69) is 31.3 Å². The van der Waals surface area contributed by atoms with Crippen LogP contribution in [0.15, 0.2) is 12.2 Å². The monoisotopic (exact) mass is 290 g/mol. The number of nitrogens with zero attached hydrogens (tertiary/aromatic N) is 1. The molecule has 5 nitrogen and oxygen atoms in total. The van der Waals surface area contributed by atoms with Crippen molar-refractivity contribution in [2.75, 3.05) is 13.1 Å². The zero-order chi connectivity index (χ0) is 15.1. The van der Waals surface area contributed by atoms with Crippen molar-refractivity contribution in [3.63, 3.8) is 0 Å². The van der Waals surface area contributed by atoms with E-state index in [4.69, 9.17) is 0 Å². The van der Waals surface area contributed by atoms with Crippen molar-refractivity contribution < 1.29 is 14.4 Å². The van der Waals surface area contributed by atoms with Gasteiger partial charge in [-0.15, -0.1) is 0 Å². The number of rotatable bonds is 5. The van der Waals surface area contributed by atoms with Gasteiger partial charge in [0.1, 0.15) is 6.54 Å². The highest BCUT2D eigenvalue weighted by molar-refractivity contribution is 6.08. The Balaban J connectivity index is 1.59. The number of hydrogen-bond donors (Lipinski definition) is 1. The lowest BCUT2D eigenvalue weighted by molar-refractivity contribution is -0.144. The van der Waals surface area contributed by atoms with Crippen LogP contribution in [0.4, 0.5) is 0 Å². The minimum atomic E-state index is -0.238. The molecule has 0 spiro atoms. The average molecular weight is 290 g/mol. The van der Waals surface area contributed by atoms with Crippen LogP contribution in [0.5, 0.6) is 0 Å². The van der Waals surface area contributed by atoms with E-state index in [0.717, 1.165) is 12.8 Å². The fourth-order valence-corrected chi connectivity index (χ4v) is 3.82. The second-order valence-electron chi connectivity index (χ2n) is 6.79. The number of imide groups is 1. The molecule has 1 saturated heterocycles. The summed E-state index contributed by atoms with van der Waals surface area (Å²) >= 11 is 0. The lowest BCUT2D eigenvalue weighted by Gasteiger charge is -2.17. The fourth-order valence-electron chi connectivity index (χ4n) is 3.82. The first-order valence-corrected chi connectivity index (χ1v) is 7.79. The number of hydrogen-bond acceptors (Lipinski definition) is 3. The number of nitrogens with one attached hydrogen (secondary N) is 1. The quantitative estimate of drug-likeness (QED) is 0.606. The van der Waals surface area contributed by atoms with Crippen LogP contribution in [0.25, 0.3) is 0 Å². The molecule has 1 aliphatic heterocycles. The van der Waals surface area contributed by atoms with E-state index in [-0.39, 0.29) is 47.9 Å². The molecule has 114 valence electrons. The maximum atomic E-state index is 12.4. The Hall–Kier alpha value is -1.65. The van der Waals surface area contributed by atoms with Crippen LogP contribution in [0, 0.1) is 29.6 Å². The van der Waals surface area contributed by atoms with Gasteiger partial charge in [-0.3, -0.25) is 19.3 Å². The van der Waals surface area contributed by atoms with Crippen molar-refractivity contribution in [2.24, 2.45) is 29.6 Å². The molecular formula is C16H22N2O3. The van der Waals surface area contributed by atoms with Crippen molar-refractivity contribution in [1.82, 2.24) is 10.2 Å². The van der Waals surface area contributed by atoms with Crippen molar-refractivity contribution in [2.45, 2.75) is 26.7 Å². The second-order valence-corrected chi connectivity index (χ2v) is 6.79. The highest BCUT2D eigenvalue weighted by Gasteiger charge is 2.59. The predicted octanol–water partition coefficient (Wildman–Crippen LogP) is 0.956. The largest absolute Gasteiger partial charge is 0.355 e. The number of amides is 3. The second kappa shape index (κ2) is 5.28. The van der Waals surface area contributed by atoms with Gasteiger partial charge in [0.25, 0.3) is 0 Å². The third-order valence-electron chi connectivity index (χ3n) is 4.91. The van der Waals surface area contributed by atoms with Gasteiger partial charge >= 0.3 is 0 Å². The Kier molecular flexibility index (Phi) is 3.59. The minimum absolute atomic E-state index is 0.123. The van der Waals surface area contributed by atoms with E-state index in [0.29, 0.717) is 12.5 Å². The van der Waals surface area contributed by atoms with Gasteiger partial charge in [0, 0.05) is 6.54 Å². The summed E-state index contributed by atoms with van der Waals surface area (Å²) in [6.07, 6.45) is 5.93. The Labute approximate surface area is 124 Å². The molecule has 0 aromatic heterocycles.